The first-order chi connectivity index (χ1) is 6.57. The number of esters is 1. The molecule has 14 heavy (non-hydrogen) atoms. The zero-order valence-electron chi connectivity index (χ0n) is 7.31. The van der Waals surface area contributed by atoms with Crippen LogP contribution in [0.5, 0.6) is 0 Å². The molecule has 0 heterocycles. The van der Waals surface area contributed by atoms with Gasteiger partial charge in [0.1, 0.15) is 0 Å². The molecule has 0 aliphatic heterocycles. The van der Waals surface area contributed by atoms with Gasteiger partial charge in [0.2, 0.25) is 0 Å². The van der Waals surface area contributed by atoms with Crippen LogP contribution >= 0.6 is 34.8 Å². The van der Waals surface area contributed by atoms with Crippen molar-refractivity contribution < 1.29 is 9.53 Å². The quantitative estimate of drug-likeness (QED) is 0.591. The second-order valence-corrected chi connectivity index (χ2v) is 3.61. The van der Waals surface area contributed by atoms with E-state index in [0.717, 1.165) is 0 Å². The molecular weight excluding hydrogens is 246 g/mol. The Hall–Kier alpha value is -0.440. The molecule has 76 valence electrons. The monoisotopic (exact) mass is 252 g/mol. The minimum atomic E-state index is -0.504. The van der Waals surface area contributed by atoms with Crippen molar-refractivity contribution in [3.05, 3.63) is 32.8 Å². The Morgan fingerprint density at radius 2 is 1.93 bits per heavy atom. The summed E-state index contributed by atoms with van der Waals surface area (Å²) in [5.74, 6) is -0.504. The van der Waals surface area contributed by atoms with E-state index in [1.165, 1.54) is 12.1 Å². The fourth-order valence-corrected chi connectivity index (χ4v) is 1.50. The van der Waals surface area contributed by atoms with E-state index < -0.39 is 5.97 Å². The van der Waals surface area contributed by atoms with Crippen LogP contribution in [-0.2, 0) is 4.74 Å². The minimum Gasteiger partial charge on any atom is -0.462 e. The number of ether oxygens (including phenoxy) is 1. The molecule has 0 saturated carbocycles. The average molecular weight is 254 g/mol. The zero-order valence-corrected chi connectivity index (χ0v) is 9.58. The first kappa shape index (κ1) is 11.6. The van der Waals surface area contributed by atoms with Crippen LogP contribution in [0.1, 0.15) is 17.3 Å². The molecule has 0 amide bonds. The van der Waals surface area contributed by atoms with Crippen molar-refractivity contribution in [2.75, 3.05) is 6.61 Å². The molecular formula is C9H7Cl3O2. The molecule has 2 nitrogen and oxygen atoms in total. The van der Waals surface area contributed by atoms with E-state index in [0.29, 0.717) is 5.02 Å². The van der Waals surface area contributed by atoms with Crippen molar-refractivity contribution in [3.8, 4) is 0 Å². The predicted molar refractivity (Wildman–Crippen MR) is 57.4 cm³/mol. The number of halogens is 3. The second-order valence-electron chi connectivity index (χ2n) is 2.44. The molecule has 0 unspecified atom stereocenters. The number of hydrogen-bond donors (Lipinski definition) is 0. The van der Waals surface area contributed by atoms with Crippen LogP contribution in [0.25, 0.3) is 0 Å². The van der Waals surface area contributed by atoms with Gasteiger partial charge in [0.25, 0.3) is 0 Å². The minimum absolute atomic E-state index is 0.123. The second kappa shape index (κ2) is 4.87. The molecule has 0 radical (unpaired) electrons. The molecule has 0 spiro atoms. The summed E-state index contributed by atoms with van der Waals surface area (Å²) in [7, 11) is 0. The summed E-state index contributed by atoms with van der Waals surface area (Å²) in [6.07, 6.45) is 0. The Kier molecular flexibility index (Phi) is 4.05. The molecule has 0 N–H and O–H groups in total. The summed E-state index contributed by atoms with van der Waals surface area (Å²) in [5.41, 5.74) is 0.225. The van der Waals surface area contributed by atoms with Gasteiger partial charge in [-0.15, -0.1) is 0 Å². The van der Waals surface area contributed by atoms with Gasteiger partial charge in [0.15, 0.2) is 0 Å². The van der Waals surface area contributed by atoms with E-state index in [-0.39, 0.29) is 22.2 Å². The lowest BCUT2D eigenvalue weighted by atomic mass is 10.2. The Bertz CT molecular complexity index is 363. The molecule has 1 aromatic rings. The standard InChI is InChI=1S/C9H7Cl3O2/c1-2-14-9(13)5-3-4-6(10)8(12)7(5)11/h3-4H,2H2,1H3. The predicted octanol–water partition coefficient (Wildman–Crippen LogP) is 3.82. The summed E-state index contributed by atoms with van der Waals surface area (Å²) in [6.45, 7) is 2.00. The maximum absolute atomic E-state index is 11.3. The summed E-state index contributed by atoms with van der Waals surface area (Å²) < 4.78 is 4.78. The number of rotatable bonds is 2. The van der Waals surface area contributed by atoms with Gasteiger partial charge in [-0.25, -0.2) is 4.79 Å². The lowest BCUT2D eigenvalue weighted by Crippen LogP contribution is -2.05. The lowest BCUT2D eigenvalue weighted by molar-refractivity contribution is 0.0526. The maximum atomic E-state index is 11.3. The van der Waals surface area contributed by atoms with Gasteiger partial charge >= 0.3 is 5.97 Å². The molecule has 1 rings (SSSR count). The van der Waals surface area contributed by atoms with E-state index in [9.17, 15) is 4.79 Å². The fraction of sp³-hybridized carbons (Fsp3) is 0.222. The molecule has 0 fully saturated rings. The van der Waals surface area contributed by atoms with E-state index >= 15 is 0 Å². The van der Waals surface area contributed by atoms with Crippen LogP contribution in [-0.4, -0.2) is 12.6 Å². The normalized spacial score (nSPS) is 10.0. The first-order valence-corrected chi connectivity index (χ1v) is 5.02. The van der Waals surface area contributed by atoms with E-state index in [1.807, 2.05) is 0 Å². The van der Waals surface area contributed by atoms with Crippen molar-refractivity contribution in [3.63, 3.8) is 0 Å². The van der Waals surface area contributed by atoms with Gasteiger partial charge in [-0.1, -0.05) is 34.8 Å². The van der Waals surface area contributed by atoms with Gasteiger partial charge in [-0.3, -0.25) is 0 Å². The molecule has 0 aliphatic rings. The largest absolute Gasteiger partial charge is 0.462 e. The van der Waals surface area contributed by atoms with Gasteiger partial charge < -0.3 is 4.74 Å². The fourth-order valence-electron chi connectivity index (χ4n) is 0.892. The molecule has 0 aromatic heterocycles. The van der Waals surface area contributed by atoms with Gasteiger partial charge in [0, 0.05) is 0 Å². The number of carbonyl (C=O) groups is 1. The molecule has 1 aromatic carbocycles. The highest BCUT2D eigenvalue weighted by Crippen LogP contribution is 2.32. The van der Waals surface area contributed by atoms with Gasteiger partial charge in [0.05, 0.1) is 27.2 Å². The van der Waals surface area contributed by atoms with Crippen LogP contribution in [0.4, 0.5) is 0 Å². The van der Waals surface area contributed by atoms with Crippen LogP contribution in [0.15, 0.2) is 12.1 Å². The van der Waals surface area contributed by atoms with Crippen LogP contribution < -0.4 is 0 Å². The molecule has 0 saturated heterocycles. The van der Waals surface area contributed by atoms with Crippen molar-refractivity contribution in [2.24, 2.45) is 0 Å². The van der Waals surface area contributed by atoms with Gasteiger partial charge in [-0.2, -0.15) is 0 Å². The molecule has 0 aliphatic carbocycles. The molecule has 0 atom stereocenters. The van der Waals surface area contributed by atoms with Crippen LogP contribution in [0, 0.1) is 0 Å². The van der Waals surface area contributed by atoms with Crippen molar-refractivity contribution >= 4 is 40.8 Å². The Morgan fingerprint density at radius 3 is 2.50 bits per heavy atom. The highest BCUT2D eigenvalue weighted by molar-refractivity contribution is 6.49. The Labute approximate surface area is 96.7 Å². The van der Waals surface area contributed by atoms with E-state index in [1.54, 1.807) is 6.92 Å². The SMILES string of the molecule is CCOC(=O)c1ccc(Cl)c(Cl)c1Cl. The maximum Gasteiger partial charge on any atom is 0.339 e. The third-order valence-corrected chi connectivity index (χ3v) is 2.82. The average Bonchev–Trinajstić information content (AvgIpc) is 2.15. The summed E-state index contributed by atoms with van der Waals surface area (Å²) in [6, 6.07) is 2.98. The summed E-state index contributed by atoms with van der Waals surface area (Å²) in [4.78, 5) is 11.3. The highest BCUT2D eigenvalue weighted by Gasteiger charge is 2.15. The number of carbonyl (C=O) groups excluding carboxylic acids is 1. The lowest BCUT2D eigenvalue weighted by Gasteiger charge is -2.05. The Morgan fingerprint density at radius 1 is 1.29 bits per heavy atom. The summed E-state index contributed by atoms with van der Waals surface area (Å²) in [5, 5.41) is 0.598. The van der Waals surface area contributed by atoms with Crippen molar-refractivity contribution in [1.29, 1.82) is 0 Å². The molecule has 0 bridgehead atoms. The summed E-state index contributed by atoms with van der Waals surface area (Å²) >= 11 is 17.3. The van der Waals surface area contributed by atoms with E-state index in [4.69, 9.17) is 39.5 Å². The molecule has 5 heteroatoms. The third kappa shape index (κ3) is 2.32. The van der Waals surface area contributed by atoms with Gasteiger partial charge in [-0.05, 0) is 19.1 Å². The number of hydrogen-bond acceptors (Lipinski definition) is 2. The van der Waals surface area contributed by atoms with Crippen LogP contribution in [0.2, 0.25) is 15.1 Å². The Balaban J connectivity index is 3.11. The highest BCUT2D eigenvalue weighted by atomic mass is 35.5. The smallest absolute Gasteiger partial charge is 0.339 e. The number of benzene rings is 1. The topological polar surface area (TPSA) is 26.3 Å². The van der Waals surface area contributed by atoms with Crippen molar-refractivity contribution in [1.82, 2.24) is 0 Å². The zero-order chi connectivity index (χ0) is 10.7. The van der Waals surface area contributed by atoms with Crippen LogP contribution in [0.3, 0.4) is 0 Å². The third-order valence-electron chi connectivity index (χ3n) is 1.53. The first-order valence-electron chi connectivity index (χ1n) is 3.88. The van der Waals surface area contributed by atoms with E-state index in [2.05, 4.69) is 0 Å². The van der Waals surface area contributed by atoms with Crippen molar-refractivity contribution in [2.45, 2.75) is 6.92 Å².